The summed E-state index contributed by atoms with van der Waals surface area (Å²) in [6, 6.07) is 4.47. The summed E-state index contributed by atoms with van der Waals surface area (Å²) in [6.07, 6.45) is 2.02. The SMILES string of the molecule is CCOC(=O)Cc1csc(NN=Cc2cc(CN3CCN(C)CC3)c(C)cc2C)n1. The van der Waals surface area contributed by atoms with Crippen LogP contribution in [0.2, 0.25) is 0 Å². The molecule has 1 N–H and O–H groups in total. The normalized spacial score (nSPS) is 15.6. The van der Waals surface area contributed by atoms with Crippen molar-refractivity contribution in [1.29, 1.82) is 0 Å². The fourth-order valence-electron chi connectivity index (χ4n) is 3.43. The average molecular weight is 430 g/mol. The van der Waals surface area contributed by atoms with Crippen LogP contribution in [-0.4, -0.2) is 66.8 Å². The highest BCUT2D eigenvalue weighted by molar-refractivity contribution is 7.13. The highest BCUT2D eigenvalue weighted by Crippen LogP contribution is 2.19. The predicted octanol–water partition coefficient (Wildman–Crippen LogP) is 3.06. The molecule has 0 amide bonds. The van der Waals surface area contributed by atoms with E-state index in [2.05, 4.69) is 58.3 Å². The largest absolute Gasteiger partial charge is 0.466 e. The zero-order valence-corrected chi connectivity index (χ0v) is 19.1. The van der Waals surface area contributed by atoms with Gasteiger partial charge < -0.3 is 9.64 Å². The second-order valence-electron chi connectivity index (χ2n) is 7.71. The number of aromatic nitrogens is 1. The Bertz CT molecular complexity index is 888. The van der Waals surface area contributed by atoms with Gasteiger partial charge in [0.2, 0.25) is 5.13 Å². The van der Waals surface area contributed by atoms with Crippen LogP contribution in [-0.2, 0) is 22.5 Å². The van der Waals surface area contributed by atoms with Crippen LogP contribution in [0.4, 0.5) is 5.13 Å². The van der Waals surface area contributed by atoms with Gasteiger partial charge in [-0.05, 0) is 56.1 Å². The molecule has 1 aromatic carbocycles. The van der Waals surface area contributed by atoms with E-state index in [1.807, 2.05) is 11.6 Å². The minimum absolute atomic E-state index is 0.183. The fourth-order valence-corrected chi connectivity index (χ4v) is 4.09. The van der Waals surface area contributed by atoms with E-state index in [-0.39, 0.29) is 12.4 Å². The van der Waals surface area contributed by atoms with E-state index in [4.69, 9.17) is 4.74 Å². The van der Waals surface area contributed by atoms with Crippen molar-refractivity contribution in [3.8, 4) is 0 Å². The maximum Gasteiger partial charge on any atom is 0.311 e. The van der Waals surface area contributed by atoms with Gasteiger partial charge in [0.1, 0.15) is 0 Å². The predicted molar refractivity (Wildman–Crippen MR) is 122 cm³/mol. The number of hydrogen-bond acceptors (Lipinski definition) is 8. The van der Waals surface area contributed by atoms with Crippen molar-refractivity contribution in [1.82, 2.24) is 14.8 Å². The van der Waals surface area contributed by atoms with Gasteiger partial charge in [-0.1, -0.05) is 6.07 Å². The van der Waals surface area contributed by atoms with Crippen molar-refractivity contribution in [2.24, 2.45) is 5.10 Å². The Morgan fingerprint density at radius 2 is 2.03 bits per heavy atom. The summed E-state index contributed by atoms with van der Waals surface area (Å²) < 4.78 is 4.96. The molecule has 0 spiro atoms. The summed E-state index contributed by atoms with van der Waals surface area (Å²) in [4.78, 5) is 20.8. The smallest absolute Gasteiger partial charge is 0.311 e. The Morgan fingerprint density at radius 3 is 2.77 bits per heavy atom. The molecule has 0 unspecified atom stereocenters. The van der Waals surface area contributed by atoms with Crippen LogP contribution in [0.25, 0.3) is 0 Å². The van der Waals surface area contributed by atoms with E-state index in [9.17, 15) is 4.79 Å². The summed E-state index contributed by atoms with van der Waals surface area (Å²) in [6.45, 7) is 11.9. The average Bonchev–Trinajstić information content (AvgIpc) is 3.14. The monoisotopic (exact) mass is 429 g/mol. The third-order valence-corrected chi connectivity index (χ3v) is 6.06. The van der Waals surface area contributed by atoms with Gasteiger partial charge in [-0.2, -0.15) is 5.10 Å². The standard InChI is InChI=1S/C22H31N5O2S/c1-5-29-21(28)12-20-15-30-22(24-20)25-23-13-18-11-19(17(3)10-16(18)2)14-27-8-6-26(4)7-9-27/h10-11,13,15H,5-9,12,14H2,1-4H3,(H,24,25). The first-order valence-electron chi connectivity index (χ1n) is 10.3. The number of aryl methyl sites for hydroxylation is 2. The number of nitrogens with one attached hydrogen (secondary N) is 1. The number of ether oxygens (including phenoxy) is 1. The number of likely N-dealkylation sites (N-methyl/N-ethyl adjacent to an activating group) is 1. The van der Waals surface area contributed by atoms with E-state index in [1.165, 1.54) is 28.0 Å². The van der Waals surface area contributed by atoms with Crippen LogP contribution in [0.3, 0.4) is 0 Å². The number of carbonyl (C=O) groups excluding carboxylic acids is 1. The van der Waals surface area contributed by atoms with Crippen LogP contribution < -0.4 is 5.43 Å². The molecule has 0 radical (unpaired) electrons. The third-order valence-electron chi connectivity index (χ3n) is 5.26. The number of rotatable bonds is 8. The molecular weight excluding hydrogens is 398 g/mol. The zero-order valence-electron chi connectivity index (χ0n) is 18.3. The Labute approximate surface area is 182 Å². The van der Waals surface area contributed by atoms with Crippen molar-refractivity contribution in [3.63, 3.8) is 0 Å². The number of hydrazone groups is 1. The topological polar surface area (TPSA) is 70.1 Å². The Balaban J connectivity index is 1.61. The highest BCUT2D eigenvalue weighted by atomic mass is 32.1. The molecule has 3 rings (SSSR count). The van der Waals surface area contributed by atoms with Crippen LogP contribution in [0.15, 0.2) is 22.6 Å². The summed E-state index contributed by atoms with van der Waals surface area (Å²) in [5.41, 5.74) is 8.63. The van der Waals surface area contributed by atoms with Gasteiger partial charge in [0.25, 0.3) is 0 Å². The van der Waals surface area contributed by atoms with Crippen molar-refractivity contribution >= 4 is 28.7 Å². The van der Waals surface area contributed by atoms with E-state index in [0.717, 1.165) is 38.3 Å². The van der Waals surface area contributed by atoms with E-state index in [1.54, 1.807) is 6.92 Å². The quantitative estimate of drug-likeness (QED) is 0.395. The zero-order chi connectivity index (χ0) is 21.5. The van der Waals surface area contributed by atoms with E-state index in [0.29, 0.717) is 17.4 Å². The lowest BCUT2D eigenvalue weighted by atomic mass is 10.00. The molecule has 2 aromatic rings. The number of piperazine rings is 1. The fraction of sp³-hybridized carbons (Fsp3) is 0.500. The molecule has 162 valence electrons. The number of benzene rings is 1. The number of esters is 1. The maximum absolute atomic E-state index is 11.6. The number of hydrogen-bond donors (Lipinski definition) is 1. The van der Waals surface area contributed by atoms with Crippen LogP contribution in [0.5, 0.6) is 0 Å². The van der Waals surface area contributed by atoms with E-state index < -0.39 is 0 Å². The van der Waals surface area contributed by atoms with Crippen molar-refractivity contribution in [3.05, 3.63) is 45.5 Å². The maximum atomic E-state index is 11.6. The van der Waals surface area contributed by atoms with Gasteiger partial charge in [-0.25, -0.2) is 4.98 Å². The van der Waals surface area contributed by atoms with Gasteiger partial charge in [-0.3, -0.25) is 15.1 Å². The third kappa shape index (κ3) is 6.35. The summed E-state index contributed by atoms with van der Waals surface area (Å²) in [5, 5.41) is 6.87. The second-order valence-corrected chi connectivity index (χ2v) is 8.57. The van der Waals surface area contributed by atoms with Crippen LogP contribution >= 0.6 is 11.3 Å². The molecule has 0 aliphatic carbocycles. The summed E-state index contributed by atoms with van der Waals surface area (Å²) >= 11 is 1.42. The molecule has 0 saturated carbocycles. The van der Waals surface area contributed by atoms with Crippen LogP contribution in [0.1, 0.15) is 34.9 Å². The number of nitrogens with zero attached hydrogens (tertiary/aromatic N) is 4. The second kappa shape index (κ2) is 10.7. The molecular formula is C22H31N5O2S. The molecule has 0 bridgehead atoms. The lowest BCUT2D eigenvalue weighted by Gasteiger charge is -2.32. The molecule has 30 heavy (non-hydrogen) atoms. The first kappa shape index (κ1) is 22.4. The summed E-state index contributed by atoms with van der Waals surface area (Å²) in [5.74, 6) is -0.263. The van der Waals surface area contributed by atoms with Gasteiger partial charge in [0, 0.05) is 38.1 Å². The molecule has 1 aliphatic heterocycles. The first-order valence-corrected chi connectivity index (χ1v) is 11.2. The first-order chi connectivity index (χ1) is 14.4. The molecule has 7 nitrogen and oxygen atoms in total. The van der Waals surface area contributed by atoms with Crippen molar-refractivity contribution in [2.75, 3.05) is 45.3 Å². The summed E-state index contributed by atoms with van der Waals surface area (Å²) in [7, 11) is 2.18. The van der Waals surface area contributed by atoms with Crippen molar-refractivity contribution in [2.45, 2.75) is 33.7 Å². The minimum atomic E-state index is -0.263. The van der Waals surface area contributed by atoms with Gasteiger partial charge in [0.05, 0.1) is 24.9 Å². The van der Waals surface area contributed by atoms with Gasteiger partial charge in [-0.15, -0.1) is 11.3 Å². The van der Waals surface area contributed by atoms with Gasteiger partial charge in [0.15, 0.2) is 0 Å². The Kier molecular flexibility index (Phi) is 7.95. The Hall–Kier alpha value is -2.29. The number of thiazole rings is 1. The lowest BCUT2D eigenvalue weighted by molar-refractivity contribution is -0.142. The molecule has 2 heterocycles. The van der Waals surface area contributed by atoms with Gasteiger partial charge >= 0.3 is 5.97 Å². The van der Waals surface area contributed by atoms with E-state index >= 15 is 0 Å². The number of anilines is 1. The molecule has 1 aromatic heterocycles. The van der Waals surface area contributed by atoms with Crippen molar-refractivity contribution < 1.29 is 9.53 Å². The van der Waals surface area contributed by atoms with Crippen LogP contribution in [0, 0.1) is 13.8 Å². The Morgan fingerprint density at radius 1 is 1.27 bits per heavy atom. The molecule has 1 saturated heterocycles. The molecule has 0 atom stereocenters. The number of carbonyl (C=O) groups is 1. The minimum Gasteiger partial charge on any atom is -0.466 e. The highest BCUT2D eigenvalue weighted by Gasteiger charge is 2.15. The molecule has 1 fully saturated rings. The lowest BCUT2D eigenvalue weighted by Crippen LogP contribution is -2.44. The molecule has 8 heteroatoms. The molecule has 1 aliphatic rings.